The molecule has 19 heavy (non-hydrogen) atoms. The third kappa shape index (κ3) is 2.55. The SMILES string of the molecule is Cc1cc[c]([Sb]([CH3])[c]2cccc3ccccc23)cc1. The molecule has 1 heteroatoms. The zero-order valence-corrected chi connectivity index (χ0v) is 13.9. The van der Waals surface area contributed by atoms with E-state index in [0.29, 0.717) is 0 Å². The van der Waals surface area contributed by atoms with Crippen LogP contribution in [0.4, 0.5) is 0 Å². The molecule has 0 nitrogen and oxygen atoms in total. The van der Waals surface area contributed by atoms with Crippen LogP contribution in [0.5, 0.6) is 0 Å². The predicted octanol–water partition coefficient (Wildman–Crippen LogP) is 3.39. The van der Waals surface area contributed by atoms with Crippen LogP contribution < -0.4 is 7.02 Å². The van der Waals surface area contributed by atoms with Gasteiger partial charge in [0.25, 0.3) is 0 Å². The summed E-state index contributed by atoms with van der Waals surface area (Å²) in [5.41, 5.74) is 1.34. The van der Waals surface area contributed by atoms with Gasteiger partial charge in [-0.25, -0.2) is 0 Å². The molecule has 0 N–H and O–H groups in total. The zero-order valence-electron chi connectivity index (χ0n) is 11.3. The Morgan fingerprint density at radius 2 is 1.42 bits per heavy atom. The minimum absolute atomic E-state index is 1.34. The van der Waals surface area contributed by atoms with Crippen LogP contribution in [0.25, 0.3) is 10.8 Å². The number of rotatable bonds is 2. The van der Waals surface area contributed by atoms with E-state index in [1.165, 1.54) is 16.3 Å². The van der Waals surface area contributed by atoms with Crippen LogP contribution in [0.15, 0.2) is 66.7 Å². The van der Waals surface area contributed by atoms with E-state index in [1.54, 1.807) is 7.02 Å². The Morgan fingerprint density at radius 1 is 0.737 bits per heavy atom. The molecule has 0 heterocycles. The van der Waals surface area contributed by atoms with Crippen LogP contribution in [-0.4, -0.2) is 20.2 Å². The maximum atomic E-state index is 2.47. The van der Waals surface area contributed by atoms with Gasteiger partial charge in [0.1, 0.15) is 0 Å². The summed E-state index contributed by atoms with van der Waals surface area (Å²) < 4.78 is 3.15. The second kappa shape index (κ2) is 5.39. The van der Waals surface area contributed by atoms with Gasteiger partial charge < -0.3 is 0 Å². The van der Waals surface area contributed by atoms with E-state index in [2.05, 4.69) is 78.5 Å². The van der Waals surface area contributed by atoms with Gasteiger partial charge in [0.05, 0.1) is 0 Å². The van der Waals surface area contributed by atoms with Gasteiger partial charge >= 0.3 is 122 Å². The Hall–Kier alpha value is -1.26. The van der Waals surface area contributed by atoms with Crippen molar-refractivity contribution in [1.29, 1.82) is 0 Å². The molecular weight excluding hydrogens is 338 g/mol. The molecule has 3 rings (SSSR count). The maximum absolute atomic E-state index is 2.47. The van der Waals surface area contributed by atoms with Crippen molar-refractivity contribution in [3.8, 4) is 0 Å². The zero-order chi connectivity index (χ0) is 13.2. The first kappa shape index (κ1) is 12.8. The molecule has 3 aromatic rings. The molecule has 0 saturated heterocycles. The van der Waals surface area contributed by atoms with Gasteiger partial charge in [-0.2, -0.15) is 0 Å². The van der Waals surface area contributed by atoms with Crippen molar-refractivity contribution < 1.29 is 0 Å². The summed E-state index contributed by atoms with van der Waals surface area (Å²) in [6.07, 6.45) is 0. The monoisotopic (exact) mass is 354 g/mol. The Morgan fingerprint density at radius 3 is 2.21 bits per heavy atom. The average Bonchev–Trinajstić information content (AvgIpc) is 2.47. The van der Waals surface area contributed by atoms with Crippen LogP contribution in [0.3, 0.4) is 0 Å². The van der Waals surface area contributed by atoms with Gasteiger partial charge in [0, 0.05) is 0 Å². The van der Waals surface area contributed by atoms with E-state index in [4.69, 9.17) is 0 Å². The molecule has 0 amide bonds. The normalized spacial score (nSPS) is 11.1. The minimum atomic E-state index is -1.57. The fourth-order valence-corrected chi connectivity index (χ4v) is 7.40. The molecule has 0 radical (unpaired) electrons. The number of fused-ring (bicyclic) bond motifs is 1. The molecular formula is C18H17Sb. The summed E-state index contributed by atoms with van der Waals surface area (Å²) in [6.45, 7) is 2.15. The molecule has 0 bridgehead atoms. The van der Waals surface area contributed by atoms with Gasteiger partial charge in [-0.05, 0) is 0 Å². The first-order chi connectivity index (χ1) is 9.25. The quantitative estimate of drug-likeness (QED) is 0.619. The van der Waals surface area contributed by atoms with E-state index >= 15 is 0 Å². The molecule has 0 fully saturated rings. The Balaban J connectivity index is 2.11. The fraction of sp³-hybridized carbons (Fsp3) is 0.111. The molecule has 0 aliphatic heterocycles. The molecule has 0 aliphatic carbocycles. The molecule has 94 valence electrons. The molecule has 0 unspecified atom stereocenters. The van der Waals surface area contributed by atoms with Gasteiger partial charge in [-0.1, -0.05) is 0 Å². The third-order valence-corrected chi connectivity index (χ3v) is 9.79. The van der Waals surface area contributed by atoms with Crippen molar-refractivity contribution in [2.75, 3.05) is 0 Å². The topological polar surface area (TPSA) is 0 Å². The summed E-state index contributed by atoms with van der Waals surface area (Å²) in [7, 11) is 0. The first-order valence-corrected chi connectivity index (χ1v) is 11.6. The van der Waals surface area contributed by atoms with Gasteiger partial charge in [0.2, 0.25) is 0 Å². The van der Waals surface area contributed by atoms with Crippen molar-refractivity contribution in [3.05, 3.63) is 72.3 Å². The summed E-state index contributed by atoms with van der Waals surface area (Å²) in [5, 5.41) is 2.81. The fourth-order valence-electron chi connectivity index (χ4n) is 2.41. The van der Waals surface area contributed by atoms with Crippen LogP contribution >= 0.6 is 0 Å². The molecule has 0 atom stereocenters. The molecule has 3 aromatic carbocycles. The van der Waals surface area contributed by atoms with Crippen molar-refractivity contribution in [1.82, 2.24) is 0 Å². The standard InChI is InChI=1S/C10H7.C7H7.CH3.Sb/c1-2-6-10-8-4-3-7-9(10)5-1;1-7-5-3-2-4-6-7;;/h1-7H;3-6H,1H3;1H3;. The van der Waals surface area contributed by atoms with E-state index < -0.39 is 20.2 Å². The van der Waals surface area contributed by atoms with E-state index in [9.17, 15) is 0 Å². The molecule has 0 saturated carbocycles. The number of hydrogen-bond acceptors (Lipinski definition) is 0. The van der Waals surface area contributed by atoms with Crippen LogP contribution in [-0.2, 0) is 0 Å². The first-order valence-electron chi connectivity index (χ1n) is 6.54. The molecule has 0 aromatic heterocycles. The van der Waals surface area contributed by atoms with Crippen molar-refractivity contribution in [2.45, 2.75) is 11.8 Å². The van der Waals surface area contributed by atoms with E-state index in [-0.39, 0.29) is 0 Å². The van der Waals surface area contributed by atoms with Crippen molar-refractivity contribution >= 4 is 38.0 Å². The summed E-state index contributed by atoms with van der Waals surface area (Å²) in [4.78, 5) is 2.47. The number of aryl methyl sites for hydroxylation is 1. The number of hydrogen-bond donors (Lipinski definition) is 0. The van der Waals surface area contributed by atoms with Crippen LogP contribution in [0.1, 0.15) is 5.56 Å². The van der Waals surface area contributed by atoms with E-state index in [1.807, 2.05) is 0 Å². The van der Waals surface area contributed by atoms with Crippen molar-refractivity contribution in [3.63, 3.8) is 0 Å². The van der Waals surface area contributed by atoms with Gasteiger partial charge in [0.15, 0.2) is 0 Å². The Bertz CT molecular complexity index is 693. The Labute approximate surface area is 122 Å². The van der Waals surface area contributed by atoms with Gasteiger partial charge in [-0.3, -0.25) is 0 Å². The predicted molar refractivity (Wildman–Crippen MR) is 86.0 cm³/mol. The van der Waals surface area contributed by atoms with Crippen LogP contribution in [0, 0.1) is 6.92 Å². The summed E-state index contributed by atoms with van der Waals surface area (Å²) in [6, 6.07) is 24.6. The summed E-state index contributed by atoms with van der Waals surface area (Å²) >= 11 is -1.57. The van der Waals surface area contributed by atoms with Crippen LogP contribution in [0.2, 0.25) is 4.87 Å². The molecule has 0 spiro atoms. The van der Waals surface area contributed by atoms with Crippen molar-refractivity contribution in [2.24, 2.45) is 0 Å². The summed E-state index contributed by atoms with van der Waals surface area (Å²) in [5.74, 6) is 0. The third-order valence-electron chi connectivity index (χ3n) is 3.55. The molecule has 0 aliphatic rings. The second-order valence-corrected chi connectivity index (χ2v) is 10.9. The van der Waals surface area contributed by atoms with E-state index in [0.717, 1.165) is 0 Å². The average molecular weight is 355 g/mol. The second-order valence-electron chi connectivity index (χ2n) is 4.89. The van der Waals surface area contributed by atoms with Gasteiger partial charge in [-0.15, -0.1) is 0 Å². The Kier molecular flexibility index (Phi) is 3.62. The number of benzene rings is 3.